The van der Waals surface area contributed by atoms with Crippen molar-refractivity contribution in [3.05, 3.63) is 35.9 Å². The van der Waals surface area contributed by atoms with Crippen molar-refractivity contribution in [2.75, 3.05) is 13.1 Å². The highest BCUT2D eigenvalue weighted by atomic mass is 16.6. The minimum Gasteiger partial charge on any atom is -0.465 e. The summed E-state index contributed by atoms with van der Waals surface area (Å²) in [5.74, 6) is -0.777. The predicted octanol–water partition coefficient (Wildman–Crippen LogP) is 2.88. The molecule has 1 saturated carbocycles. The molecule has 0 bridgehead atoms. The summed E-state index contributed by atoms with van der Waals surface area (Å²) in [6.07, 6.45) is 0.348. The lowest BCUT2D eigenvalue weighted by Gasteiger charge is -2.38. The van der Waals surface area contributed by atoms with Gasteiger partial charge in [-0.2, -0.15) is 0 Å². The normalized spacial score (nSPS) is 29.6. The first kappa shape index (κ1) is 16.9. The largest absolute Gasteiger partial charge is 0.465 e. The molecule has 4 rings (SSSR count). The summed E-state index contributed by atoms with van der Waals surface area (Å²) in [7, 11) is 0. The van der Waals surface area contributed by atoms with Crippen LogP contribution in [0.4, 0.5) is 9.59 Å². The van der Waals surface area contributed by atoms with Gasteiger partial charge in [0, 0.05) is 13.1 Å². The first-order valence-electron chi connectivity index (χ1n) is 8.99. The molecule has 26 heavy (non-hydrogen) atoms. The van der Waals surface area contributed by atoms with Crippen LogP contribution in [0.5, 0.6) is 0 Å². The Morgan fingerprint density at radius 3 is 2.50 bits per heavy atom. The van der Waals surface area contributed by atoms with Crippen LogP contribution >= 0.6 is 0 Å². The molecule has 3 atom stereocenters. The fourth-order valence-corrected chi connectivity index (χ4v) is 4.32. The van der Waals surface area contributed by atoms with Crippen molar-refractivity contribution in [1.82, 2.24) is 9.80 Å². The summed E-state index contributed by atoms with van der Waals surface area (Å²) >= 11 is 0. The van der Waals surface area contributed by atoms with Gasteiger partial charge in [-0.3, -0.25) is 4.79 Å². The number of piperidine rings is 1. The Hall–Kier alpha value is -2.57. The van der Waals surface area contributed by atoms with E-state index in [0.29, 0.717) is 13.0 Å². The van der Waals surface area contributed by atoms with E-state index in [1.807, 2.05) is 30.3 Å². The van der Waals surface area contributed by atoms with E-state index in [-0.39, 0.29) is 17.9 Å². The second-order valence-electron chi connectivity index (χ2n) is 7.56. The second kappa shape index (κ2) is 6.00. The van der Waals surface area contributed by atoms with Crippen molar-refractivity contribution < 1.29 is 24.2 Å². The Kier molecular flexibility index (Phi) is 3.89. The minimum absolute atomic E-state index is 0.145. The molecule has 3 aliphatic rings. The average molecular weight is 358 g/mol. The molecular formula is C19H22N2O5. The van der Waals surface area contributed by atoms with Crippen molar-refractivity contribution in [3.8, 4) is 0 Å². The van der Waals surface area contributed by atoms with Gasteiger partial charge in [-0.25, -0.2) is 14.5 Å². The van der Waals surface area contributed by atoms with Crippen LogP contribution in [0, 0.1) is 11.3 Å². The monoisotopic (exact) mass is 358 g/mol. The number of hydrogen-bond acceptors (Lipinski definition) is 4. The highest BCUT2D eigenvalue weighted by Crippen LogP contribution is 2.57. The van der Waals surface area contributed by atoms with Gasteiger partial charge < -0.3 is 14.7 Å². The molecule has 1 aromatic rings. The average Bonchev–Trinajstić information content (AvgIpc) is 3.33. The van der Waals surface area contributed by atoms with Crippen LogP contribution in [0.1, 0.15) is 37.9 Å². The fraction of sp³-hybridized carbons (Fsp3) is 0.526. The number of ether oxygens (including phenoxy) is 1. The molecule has 7 nitrogen and oxygen atoms in total. The van der Waals surface area contributed by atoms with Crippen LogP contribution in [-0.4, -0.2) is 52.1 Å². The van der Waals surface area contributed by atoms with Crippen molar-refractivity contribution in [1.29, 1.82) is 0 Å². The number of nitrogens with zero attached hydrogens (tertiary/aromatic N) is 2. The third-order valence-corrected chi connectivity index (χ3v) is 6.12. The summed E-state index contributed by atoms with van der Waals surface area (Å²) in [6, 6.07) is 8.94. The van der Waals surface area contributed by atoms with Gasteiger partial charge in [-0.05, 0) is 37.2 Å². The molecule has 1 aliphatic carbocycles. The minimum atomic E-state index is -1.02. The number of imide groups is 1. The van der Waals surface area contributed by atoms with Crippen molar-refractivity contribution in [3.63, 3.8) is 0 Å². The maximum atomic E-state index is 13.2. The highest BCUT2D eigenvalue weighted by Gasteiger charge is 2.58. The third-order valence-electron chi connectivity index (χ3n) is 6.12. The predicted molar refractivity (Wildman–Crippen MR) is 91.3 cm³/mol. The van der Waals surface area contributed by atoms with Crippen molar-refractivity contribution in [2.24, 2.45) is 11.3 Å². The lowest BCUT2D eigenvalue weighted by molar-refractivity contribution is -0.137. The molecule has 7 heteroatoms. The molecule has 2 saturated heterocycles. The van der Waals surface area contributed by atoms with Crippen LogP contribution in [0.3, 0.4) is 0 Å². The summed E-state index contributed by atoms with van der Waals surface area (Å²) < 4.78 is 5.48. The molecule has 1 spiro atoms. The number of carbonyl (C=O) groups excluding carboxylic acids is 2. The van der Waals surface area contributed by atoms with Gasteiger partial charge in [0.25, 0.3) is 0 Å². The number of carbonyl (C=O) groups is 3. The quantitative estimate of drug-likeness (QED) is 0.878. The number of cyclic esters (lactones) is 1. The molecule has 2 aliphatic heterocycles. The SMILES string of the molecule is C[C@H]1[C@@H](c2ccccc2)OC(=O)N1C(=O)[C@H]1CN(C(=O)O)CCC12CC2. The molecule has 138 valence electrons. The number of benzene rings is 1. The molecule has 3 fully saturated rings. The summed E-state index contributed by atoms with van der Waals surface area (Å²) in [4.78, 5) is 39.5. The van der Waals surface area contributed by atoms with E-state index in [0.717, 1.165) is 18.4 Å². The molecule has 1 aromatic carbocycles. The fourth-order valence-electron chi connectivity index (χ4n) is 4.32. The standard InChI is InChI=1S/C19H22N2O5/c1-12-15(13-5-3-2-4-6-13)26-18(25)21(12)16(22)14-11-20(17(23)24)10-9-19(14)7-8-19/h2-6,12,14-15H,7-11H2,1H3,(H,23,24)/t12-,14+,15-/m0/s1. The first-order chi connectivity index (χ1) is 12.4. The Bertz CT molecular complexity index is 746. The van der Waals surface area contributed by atoms with Crippen LogP contribution in [0.25, 0.3) is 0 Å². The Morgan fingerprint density at radius 1 is 1.19 bits per heavy atom. The third kappa shape index (κ3) is 2.62. The number of rotatable bonds is 2. The topological polar surface area (TPSA) is 87.2 Å². The van der Waals surface area contributed by atoms with E-state index in [4.69, 9.17) is 4.74 Å². The zero-order valence-electron chi connectivity index (χ0n) is 14.6. The van der Waals surface area contributed by atoms with Crippen LogP contribution in [-0.2, 0) is 9.53 Å². The molecule has 0 radical (unpaired) electrons. The van der Waals surface area contributed by atoms with Crippen LogP contribution < -0.4 is 0 Å². The molecule has 1 N–H and O–H groups in total. The summed E-state index contributed by atoms with van der Waals surface area (Å²) in [5.41, 5.74) is 0.703. The molecular weight excluding hydrogens is 336 g/mol. The highest BCUT2D eigenvalue weighted by molar-refractivity contribution is 5.96. The van der Waals surface area contributed by atoms with E-state index >= 15 is 0 Å². The van der Waals surface area contributed by atoms with Gasteiger partial charge in [0.15, 0.2) is 0 Å². The van der Waals surface area contributed by atoms with E-state index in [9.17, 15) is 19.5 Å². The van der Waals surface area contributed by atoms with Gasteiger partial charge in [-0.1, -0.05) is 30.3 Å². The lowest BCUT2D eigenvalue weighted by Crippen LogP contribution is -2.52. The van der Waals surface area contributed by atoms with E-state index in [1.54, 1.807) is 6.92 Å². The number of likely N-dealkylation sites (tertiary alicyclic amines) is 1. The number of amides is 3. The van der Waals surface area contributed by atoms with E-state index < -0.39 is 30.3 Å². The molecule has 0 unspecified atom stereocenters. The van der Waals surface area contributed by atoms with E-state index in [2.05, 4.69) is 0 Å². The number of carboxylic acid groups (broad SMARTS) is 1. The second-order valence-corrected chi connectivity index (χ2v) is 7.56. The zero-order valence-corrected chi connectivity index (χ0v) is 14.6. The maximum absolute atomic E-state index is 13.2. The first-order valence-corrected chi connectivity index (χ1v) is 8.99. The van der Waals surface area contributed by atoms with Gasteiger partial charge in [0.05, 0.1) is 12.0 Å². The zero-order chi connectivity index (χ0) is 18.5. The van der Waals surface area contributed by atoms with Crippen LogP contribution in [0.2, 0.25) is 0 Å². The Labute approximate surface area is 151 Å². The van der Waals surface area contributed by atoms with Gasteiger partial charge in [0.2, 0.25) is 5.91 Å². The Balaban J connectivity index is 1.57. The smallest absolute Gasteiger partial charge is 0.417 e. The molecule has 3 amide bonds. The Morgan fingerprint density at radius 2 is 1.88 bits per heavy atom. The lowest BCUT2D eigenvalue weighted by atomic mass is 9.81. The van der Waals surface area contributed by atoms with Gasteiger partial charge >= 0.3 is 12.2 Å². The summed E-state index contributed by atoms with van der Waals surface area (Å²) in [5, 5.41) is 9.30. The summed E-state index contributed by atoms with van der Waals surface area (Å²) in [6.45, 7) is 2.41. The van der Waals surface area contributed by atoms with Gasteiger partial charge in [-0.15, -0.1) is 0 Å². The maximum Gasteiger partial charge on any atom is 0.417 e. The van der Waals surface area contributed by atoms with E-state index in [1.165, 1.54) is 9.80 Å². The van der Waals surface area contributed by atoms with Crippen molar-refractivity contribution in [2.45, 2.75) is 38.3 Å². The molecule has 2 heterocycles. The molecule has 0 aromatic heterocycles. The van der Waals surface area contributed by atoms with Crippen molar-refractivity contribution >= 4 is 18.1 Å². The van der Waals surface area contributed by atoms with Crippen LogP contribution in [0.15, 0.2) is 30.3 Å². The number of hydrogen-bond donors (Lipinski definition) is 1. The van der Waals surface area contributed by atoms with Gasteiger partial charge in [0.1, 0.15) is 6.10 Å².